The van der Waals surface area contributed by atoms with Gasteiger partial charge in [0.05, 0.1) is 0 Å². The fraction of sp³-hybridized carbons (Fsp3) is 0.364. The molecule has 15 heavy (non-hydrogen) atoms. The van der Waals surface area contributed by atoms with Crippen LogP contribution >= 0.6 is 15.9 Å². The number of carbonyl (C=O) groups is 1. The van der Waals surface area contributed by atoms with Gasteiger partial charge in [-0.3, -0.25) is 0 Å². The number of aryl methyl sites for hydroxylation is 1. The Morgan fingerprint density at radius 2 is 2.27 bits per heavy atom. The number of rotatable bonds is 1. The van der Waals surface area contributed by atoms with E-state index >= 15 is 0 Å². The minimum absolute atomic E-state index is 0.0659. The number of hydrogen-bond acceptors (Lipinski definition) is 1. The van der Waals surface area contributed by atoms with Crippen LogP contribution in [-0.2, 0) is 12.8 Å². The number of benzene rings is 1. The van der Waals surface area contributed by atoms with Crippen molar-refractivity contribution in [3.63, 3.8) is 0 Å². The summed E-state index contributed by atoms with van der Waals surface area (Å²) >= 11 is 3.44. The first-order valence-corrected chi connectivity index (χ1v) is 5.71. The Labute approximate surface area is 96.6 Å². The first-order chi connectivity index (χ1) is 7.15. The SMILES string of the molecule is O=C(O)NC1CCc2cc(Br)ccc2C1. The third kappa shape index (κ3) is 2.50. The number of fused-ring (bicyclic) bond motifs is 1. The molecule has 1 unspecified atom stereocenters. The molecule has 0 saturated carbocycles. The van der Waals surface area contributed by atoms with Crippen LogP contribution in [0.4, 0.5) is 4.79 Å². The zero-order valence-corrected chi connectivity index (χ0v) is 9.75. The highest BCUT2D eigenvalue weighted by molar-refractivity contribution is 9.10. The molecule has 1 amide bonds. The minimum atomic E-state index is -0.930. The molecule has 1 aliphatic carbocycles. The van der Waals surface area contributed by atoms with Crippen molar-refractivity contribution in [3.8, 4) is 0 Å². The number of amides is 1. The van der Waals surface area contributed by atoms with Gasteiger partial charge in [-0.05, 0) is 42.5 Å². The molecule has 1 atom stereocenters. The Morgan fingerprint density at radius 1 is 1.47 bits per heavy atom. The van der Waals surface area contributed by atoms with Crippen molar-refractivity contribution in [2.24, 2.45) is 0 Å². The largest absolute Gasteiger partial charge is 0.465 e. The lowest BCUT2D eigenvalue weighted by atomic mass is 9.88. The lowest BCUT2D eigenvalue weighted by Crippen LogP contribution is -2.37. The van der Waals surface area contributed by atoms with Gasteiger partial charge in [0.25, 0.3) is 0 Å². The summed E-state index contributed by atoms with van der Waals surface area (Å²) in [5.41, 5.74) is 2.58. The first-order valence-electron chi connectivity index (χ1n) is 4.92. The number of halogens is 1. The second-order valence-corrected chi connectivity index (χ2v) is 4.72. The van der Waals surface area contributed by atoms with Gasteiger partial charge in [0.1, 0.15) is 0 Å². The molecule has 1 aromatic carbocycles. The van der Waals surface area contributed by atoms with Crippen LogP contribution in [-0.4, -0.2) is 17.2 Å². The number of hydrogen-bond donors (Lipinski definition) is 2. The van der Waals surface area contributed by atoms with Crippen molar-refractivity contribution in [1.82, 2.24) is 5.32 Å². The van der Waals surface area contributed by atoms with Crippen LogP contribution in [0, 0.1) is 0 Å². The van der Waals surface area contributed by atoms with Crippen LogP contribution in [0.3, 0.4) is 0 Å². The maximum atomic E-state index is 10.5. The maximum absolute atomic E-state index is 10.5. The summed E-state index contributed by atoms with van der Waals surface area (Å²) in [6, 6.07) is 6.25. The zero-order valence-electron chi connectivity index (χ0n) is 8.16. The van der Waals surface area contributed by atoms with Crippen molar-refractivity contribution in [2.45, 2.75) is 25.3 Å². The molecule has 0 saturated heterocycles. The summed E-state index contributed by atoms with van der Waals surface area (Å²) in [4.78, 5) is 10.5. The molecule has 80 valence electrons. The topological polar surface area (TPSA) is 49.3 Å². The monoisotopic (exact) mass is 269 g/mol. The highest BCUT2D eigenvalue weighted by Crippen LogP contribution is 2.24. The van der Waals surface area contributed by atoms with Gasteiger partial charge < -0.3 is 10.4 Å². The fourth-order valence-electron chi connectivity index (χ4n) is 2.02. The molecule has 0 bridgehead atoms. The Morgan fingerprint density at radius 3 is 3.00 bits per heavy atom. The predicted octanol–water partition coefficient (Wildman–Crippen LogP) is 2.57. The van der Waals surface area contributed by atoms with Gasteiger partial charge in [-0.25, -0.2) is 4.79 Å². The molecule has 0 radical (unpaired) electrons. The summed E-state index contributed by atoms with van der Waals surface area (Å²) in [5, 5.41) is 11.2. The lowest BCUT2D eigenvalue weighted by molar-refractivity contribution is 0.188. The molecule has 1 aliphatic rings. The van der Waals surface area contributed by atoms with Crippen molar-refractivity contribution >= 4 is 22.0 Å². The summed E-state index contributed by atoms with van der Waals surface area (Å²) in [7, 11) is 0. The van der Waals surface area contributed by atoms with E-state index in [9.17, 15) is 4.79 Å². The molecular formula is C11H12BrNO2. The zero-order chi connectivity index (χ0) is 10.8. The molecule has 0 fully saturated rings. The van der Waals surface area contributed by atoms with E-state index in [2.05, 4.69) is 33.4 Å². The second kappa shape index (κ2) is 4.23. The van der Waals surface area contributed by atoms with Crippen molar-refractivity contribution in [3.05, 3.63) is 33.8 Å². The van der Waals surface area contributed by atoms with Crippen LogP contribution in [0.5, 0.6) is 0 Å². The normalized spacial score (nSPS) is 19.4. The Kier molecular flexibility index (Phi) is 2.95. The molecule has 2 rings (SSSR count). The van der Waals surface area contributed by atoms with E-state index in [0.717, 1.165) is 23.7 Å². The summed E-state index contributed by atoms with van der Waals surface area (Å²) in [5.74, 6) is 0. The maximum Gasteiger partial charge on any atom is 0.404 e. The minimum Gasteiger partial charge on any atom is -0.465 e. The average molecular weight is 270 g/mol. The Hall–Kier alpha value is -1.03. The Bertz CT molecular complexity index is 392. The summed E-state index contributed by atoms with van der Waals surface area (Å²) in [6.45, 7) is 0. The molecule has 0 spiro atoms. The molecule has 4 heteroatoms. The standard InChI is InChI=1S/C11H12BrNO2/c12-9-3-1-8-6-10(13-11(14)15)4-2-7(8)5-9/h1,3,5,10,13H,2,4,6H2,(H,14,15). The second-order valence-electron chi connectivity index (χ2n) is 3.80. The third-order valence-corrected chi connectivity index (χ3v) is 3.22. The molecule has 0 aromatic heterocycles. The smallest absolute Gasteiger partial charge is 0.404 e. The first kappa shape index (κ1) is 10.5. The van der Waals surface area contributed by atoms with Gasteiger partial charge in [-0.2, -0.15) is 0 Å². The van der Waals surface area contributed by atoms with Crippen LogP contribution in [0.2, 0.25) is 0 Å². The quantitative estimate of drug-likeness (QED) is 0.824. The molecule has 3 nitrogen and oxygen atoms in total. The summed E-state index contributed by atoms with van der Waals surface area (Å²) < 4.78 is 1.09. The average Bonchev–Trinajstić information content (AvgIpc) is 2.17. The van der Waals surface area contributed by atoms with E-state index in [-0.39, 0.29) is 6.04 Å². The number of carboxylic acid groups (broad SMARTS) is 1. The molecule has 0 aliphatic heterocycles. The van der Waals surface area contributed by atoms with Gasteiger partial charge in [0.2, 0.25) is 0 Å². The van der Waals surface area contributed by atoms with Crippen LogP contribution in [0.1, 0.15) is 17.5 Å². The molecule has 0 heterocycles. The van der Waals surface area contributed by atoms with E-state index in [1.807, 2.05) is 6.07 Å². The van der Waals surface area contributed by atoms with E-state index < -0.39 is 6.09 Å². The molecule has 2 N–H and O–H groups in total. The fourth-order valence-corrected chi connectivity index (χ4v) is 2.43. The van der Waals surface area contributed by atoms with Gasteiger partial charge in [0.15, 0.2) is 0 Å². The Balaban J connectivity index is 2.13. The van der Waals surface area contributed by atoms with E-state index in [0.29, 0.717) is 0 Å². The van der Waals surface area contributed by atoms with Gasteiger partial charge in [-0.15, -0.1) is 0 Å². The molecular weight excluding hydrogens is 258 g/mol. The molecule has 1 aromatic rings. The highest BCUT2D eigenvalue weighted by atomic mass is 79.9. The van der Waals surface area contributed by atoms with Crippen LogP contribution < -0.4 is 5.32 Å². The lowest BCUT2D eigenvalue weighted by Gasteiger charge is -2.24. The third-order valence-electron chi connectivity index (χ3n) is 2.72. The van der Waals surface area contributed by atoms with E-state index in [4.69, 9.17) is 5.11 Å². The van der Waals surface area contributed by atoms with E-state index in [1.54, 1.807) is 0 Å². The van der Waals surface area contributed by atoms with Crippen molar-refractivity contribution in [2.75, 3.05) is 0 Å². The predicted molar refractivity (Wildman–Crippen MR) is 61.1 cm³/mol. The van der Waals surface area contributed by atoms with Gasteiger partial charge in [0, 0.05) is 10.5 Å². The van der Waals surface area contributed by atoms with Crippen LogP contribution in [0.25, 0.3) is 0 Å². The van der Waals surface area contributed by atoms with Crippen LogP contribution in [0.15, 0.2) is 22.7 Å². The summed E-state index contributed by atoms with van der Waals surface area (Å²) in [6.07, 6.45) is 1.70. The van der Waals surface area contributed by atoms with Crippen molar-refractivity contribution < 1.29 is 9.90 Å². The van der Waals surface area contributed by atoms with Crippen molar-refractivity contribution in [1.29, 1.82) is 0 Å². The van der Waals surface area contributed by atoms with Gasteiger partial charge >= 0.3 is 6.09 Å². The van der Waals surface area contributed by atoms with E-state index in [1.165, 1.54) is 11.1 Å². The highest BCUT2D eigenvalue weighted by Gasteiger charge is 2.19. The van der Waals surface area contributed by atoms with Gasteiger partial charge in [-0.1, -0.05) is 22.0 Å². The number of nitrogens with one attached hydrogen (secondary N) is 1.